The summed E-state index contributed by atoms with van der Waals surface area (Å²) in [4.78, 5) is 8.36. The molecule has 0 amide bonds. The third-order valence-electron chi connectivity index (χ3n) is 0. The summed E-state index contributed by atoms with van der Waals surface area (Å²) >= 11 is 0.875. The first-order chi connectivity index (χ1) is 2.41. The minimum atomic E-state index is -0.250. The van der Waals surface area contributed by atoms with Crippen molar-refractivity contribution in [1.29, 1.82) is 0 Å². The van der Waals surface area contributed by atoms with Crippen LogP contribution in [0.4, 0.5) is 0 Å². The Kier molecular flexibility index (Phi) is 143. The van der Waals surface area contributed by atoms with Crippen LogP contribution < -0.4 is 4.48 Å². The molecule has 5 heteroatoms. The molecule has 0 aromatic heterocycles. The standard InChI is InChI=1S/CH2O2.H2N.H2S.Zn/c2-1-3;;;/h1H,(H,2,3);2*1H2;/q;-1;;+1. The quantitative estimate of drug-likeness (QED) is 0.362. The second-order valence-electron chi connectivity index (χ2n) is 0.105. The Morgan fingerprint density at radius 3 is 1.67 bits per heavy atom. The molecular weight excluding hydrogens is 155 g/mol. The van der Waals surface area contributed by atoms with Crippen molar-refractivity contribution in [3.8, 4) is 0 Å². The van der Waals surface area contributed by atoms with Crippen molar-refractivity contribution in [2.45, 2.75) is 0 Å². The molecule has 0 radical (unpaired) electrons. The second-order valence-corrected chi connectivity index (χ2v) is 0.105. The van der Waals surface area contributed by atoms with Gasteiger partial charge in [-0.3, -0.25) is 4.79 Å². The molecule has 0 heterocycles. The van der Waals surface area contributed by atoms with E-state index in [4.69, 9.17) is 9.90 Å². The molecule has 0 aromatic rings. The molecule has 0 spiro atoms. The van der Waals surface area contributed by atoms with Gasteiger partial charge in [0.15, 0.2) is 0 Å². The van der Waals surface area contributed by atoms with E-state index in [0.717, 1.165) is 18.5 Å². The van der Waals surface area contributed by atoms with Gasteiger partial charge in [-0.2, -0.15) is 13.5 Å². The Labute approximate surface area is 53.3 Å². The summed E-state index contributed by atoms with van der Waals surface area (Å²) < 4.78 is 4.62. The number of nitrogens with two attached hydrogens (primary N) is 1. The average molecular weight is 162 g/mol. The van der Waals surface area contributed by atoms with E-state index in [0.29, 0.717) is 0 Å². The molecule has 6 heavy (non-hydrogen) atoms. The molecule has 0 aromatic carbocycles. The molecule has 0 unspecified atom stereocenters. The third kappa shape index (κ3) is 313. The topological polar surface area (TPSA) is 63.3 Å². The normalized spacial score (nSPS) is 3.17. The Morgan fingerprint density at radius 1 is 1.67 bits per heavy atom. The first kappa shape index (κ1) is 16.1. The summed E-state index contributed by atoms with van der Waals surface area (Å²) in [6.45, 7) is -0.250. The molecule has 0 aliphatic rings. The van der Waals surface area contributed by atoms with Crippen LogP contribution in [0.25, 0.3) is 0 Å². The van der Waals surface area contributed by atoms with Crippen LogP contribution in [-0.4, -0.2) is 11.6 Å². The third-order valence-corrected chi connectivity index (χ3v) is 0. The van der Waals surface area contributed by atoms with Crippen LogP contribution in [0.2, 0.25) is 0 Å². The zero-order valence-electron chi connectivity index (χ0n) is 3.22. The summed E-state index contributed by atoms with van der Waals surface area (Å²) in [5.41, 5.74) is 0. The van der Waals surface area contributed by atoms with Gasteiger partial charge in [-0.15, -0.1) is 0 Å². The molecule has 0 atom stereocenters. The Bertz CT molecular complexity index is 21.0. The van der Waals surface area contributed by atoms with Gasteiger partial charge in [0.25, 0.3) is 6.47 Å². The van der Waals surface area contributed by atoms with E-state index in [9.17, 15) is 0 Å². The number of hydrogen-bond donors (Lipinski definition) is 2. The van der Waals surface area contributed by atoms with E-state index in [1.165, 1.54) is 0 Å². The molecule has 0 rings (SSSR count). The maximum atomic E-state index is 8.36. The Morgan fingerprint density at radius 2 is 1.67 bits per heavy atom. The monoisotopic (exact) mass is 160 g/mol. The van der Waals surface area contributed by atoms with E-state index in [2.05, 4.69) is 4.48 Å². The van der Waals surface area contributed by atoms with Gasteiger partial charge < -0.3 is 5.11 Å². The predicted octanol–water partition coefficient (Wildman–Crippen LogP) is -0.779. The van der Waals surface area contributed by atoms with E-state index in [-0.39, 0.29) is 20.0 Å². The molecule has 0 fully saturated rings. The van der Waals surface area contributed by atoms with Gasteiger partial charge in [-0.1, -0.05) is 0 Å². The molecule has 0 aliphatic carbocycles. The van der Waals surface area contributed by atoms with Crippen LogP contribution in [0.5, 0.6) is 0 Å². The van der Waals surface area contributed by atoms with E-state index >= 15 is 0 Å². The van der Waals surface area contributed by atoms with Crippen LogP contribution in [-0.2, 0) is 23.3 Å². The fourth-order valence-electron chi connectivity index (χ4n) is 0. The first-order valence-corrected chi connectivity index (χ1v) is 2.62. The van der Waals surface area contributed by atoms with Crippen molar-refractivity contribution in [3.63, 3.8) is 0 Å². The van der Waals surface area contributed by atoms with Crippen LogP contribution in [0.3, 0.4) is 0 Å². The van der Waals surface area contributed by atoms with E-state index in [1.54, 1.807) is 0 Å². The van der Waals surface area contributed by atoms with Gasteiger partial charge in [0.1, 0.15) is 0 Å². The molecular formula is CH6NO2SZn. The number of hydrogen-bond acceptors (Lipinski definition) is 2. The summed E-state index contributed by atoms with van der Waals surface area (Å²) in [6.07, 6.45) is 0. The van der Waals surface area contributed by atoms with E-state index in [1.807, 2.05) is 0 Å². The fraction of sp³-hybridized carbons (Fsp3) is 0. The van der Waals surface area contributed by atoms with Crippen LogP contribution in [0.1, 0.15) is 0 Å². The number of rotatable bonds is 0. The maximum absolute atomic E-state index is 8.36. The fourth-order valence-corrected chi connectivity index (χ4v) is 0. The van der Waals surface area contributed by atoms with Gasteiger partial charge in [0.05, 0.1) is 0 Å². The van der Waals surface area contributed by atoms with Crippen molar-refractivity contribution in [2.24, 2.45) is 4.48 Å². The van der Waals surface area contributed by atoms with Crippen molar-refractivity contribution in [1.82, 2.24) is 0 Å². The van der Waals surface area contributed by atoms with Crippen LogP contribution in [0, 0.1) is 0 Å². The predicted molar refractivity (Wildman–Crippen MR) is 23.3 cm³/mol. The van der Waals surface area contributed by atoms with Gasteiger partial charge >= 0.3 is 23.0 Å². The number of carboxylic acid groups (broad SMARTS) is 1. The Hall–Kier alpha value is 0.403. The SMILES string of the molecule is O=CO.S.[NH2][Zn]. The summed E-state index contributed by atoms with van der Waals surface area (Å²) in [6, 6.07) is 0. The zero-order chi connectivity index (χ0) is 4.71. The van der Waals surface area contributed by atoms with Crippen molar-refractivity contribution in [2.75, 3.05) is 0 Å². The van der Waals surface area contributed by atoms with Gasteiger partial charge in [0, 0.05) is 0 Å². The van der Waals surface area contributed by atoms with E-state index < -0.39 is 0 Å². The molecule has 3 nitrogen and oxygen atoms in total. The average Bonchev–Trinajstić information content (AvgIpc) is 1.46. The molecule has 3 N–H and O–H groups in total. The zero-order valence-corrected chi connectivity index (χ0v) is 7.18. The molecule has 0 saturated heterocycles. The van der Waals surface area contributed by atoms with Gasteiger partial charge in [-0.25, -0.2) is 0 Å². The second kappa shape index (κ2) is 53.2. The first-order valence-electron chi connectivity index (χ1n) is 0.902. The number of carbonyl (C=O) groups is 1. The minimum absolute atomic E-state index is 0. The summed E-state index contributed by atoms with van der Waals surface area (Å²) in [5, 5.41) is 6.89. The molecule has 0 saturated carbocycles. The molecule has 0 aliphatic heterocycles. The van der Waals surface area contributed by atoms with Crippen LogP contribution in [0.15, 0.2) is 0 Å². The molecule has 0 bridgehead atoms. The van der Waals surface area contributed by atoms with Crippen LogP contribution >= 0.6 is 13.5 Å². The van der Waals surface area contributed by atoms with Crippen molar-refractivity contribution in [3.05, 3.63) is 0 Å². The van der Waals surface area contributed by atoms with Gasteiger partial charge in [-0.05, 0) is 0 Å². The summed E-state index contributed by atoms with van der Waals surface area (Å²) in [7, 11) is 0. The van der Waals surface area contributed by atoms with Gasteiger partial charge in [0.2, 0.25) is 0 Å². The van der Waals surface area contributed by atoms with Crippen molar-refractivity contribution < 1.29 is 28.4 Å². The Balaban J connectivity index is -0.0000000275. The molecule has 35 valence electrons. The summed E-state index contributed by atoms with van der Waals surface area (Å²) in [5.74, 6) is 0. The van der Waals surface area contributed by atoms with Crippen molar-refractivity contribution >= 4 is 20.0 Å².